The Morgan fingerprint density at radius 1 is 1.35 bits per heavy atom. The van der Waals surface area contributed by atoms with Gasteiger partial charge in [-0.3, -0.25) is 4.79 Å². The van der Waals surface area contributed by atoms with Crippen LogP contribution in [0.25, 0.3) is 10.2 Å². The molecular weight excluding hydrogens is 270 g/mol. The van der Waals surface area contributed by atoms with Crippen LogP contribution in [0.1, 0.15) is 19.3 Å². The number of rotatable bonds is 3. The number of hydrogen-bond acceptors (Lipinski definition) is 4. The molecule has 0 aliphatic carbocycles. The molecular formula is C15H17N3OS. The molecule has 1 N–H and O–H groups in total. The molecule has 0 radical (unpaired) electrons. The van der Waals surface area contributed by atoms with Gasteiger partial charge in [0.15, 0.2) is 5.13 Å². The van der Waals surface area contributed by atoms with Crippen molar-refractivity contribution in [2.45, 2.75) is 19.3 Å². The molecule has 2 heterocycles. The van der Waals surface area contributed by atoms with Gasteiger partial charge in [0.2, 0.25) is 5.91 Å². The van der Waals surface area contributed by atoms with Gasteiger partial charge in [-0.25, -0.2) is 4.98 Å². The maximum Gasteiger partial charge on any atom is 0.247 e. The van der Waals surface area contributed by atoms with Gasteiger partial charge < -0.3 is 10.2 Å². The van der Waals surface area contributed by atoms with Crippen LogP contribution in [-0.4, -0.2) is 24.0 Å². The first-order valence-electron chi connectivity index (χ1n) is 6.85. The van der Waals surface area contributed by atoms with Crippen LogP contribution in [0, 0.1) is 0 Å². The van der Waals surface area contributed by atoms with Crippen molar-refractivity contribution in [2.75, 3.05) is 23.3 Å². The van der Waals surface area contributed by atoms with Gasteiger partial charge in [0, 0.05) is 18.8 Å². The summed E-state index contributed by atoms with van der Waals surface area (Å²) in [6, 6.07) is 5.81. The Kier molecular flexibility index (Phi) is 3.69. The minimum Gasteiger partial charge on any atom is -0.348 e. The number of fused-ring (bicyclic) bond motifs is 1. The van der Waals surface area contributed by atoms with Crippen LogP contribution in [0.15, 0.2) is 30.9 Å². The van der Waals surface area contributed by atoms with Crippen molar-refractivity contribution in [3.63, 3.8) is 0 Å². The number of carbonyl (C=O) groups excluding carboxylic acids is 1. The van der Waals surface area contributed by atoms with E-state index in [0.717, 1.165) is 34.1 Å². The van der Waals surface area contributed by atoms with Crippen molar-refractivity contribution < 1.29 is 4.79 Å². The summed E-state index contributed by atoms with van der Waals surface area (Å²) in [5.74, 6) is -0.190. The van der Waals surface area contributed by atoms with Crippen LogP contribution in [0.2, 0.25) is 0 Å². The van der Waals surface area contributed by atoms with E-state index in [1.165, 1.54) is 25.3 Å². The van der Waals surface area contributed by atoms with Crippen LogP contribution >= 0.6 is 11.3 Å². The number of amides is 1. The second-order valence-corrected chi connectivity index (χ2v) is 5.93. The third kappa shape index (κ3) is 2.67. The molecule has 20 heavy (non-hydrogen) atoms. The van der Waals surface area contributed by atoms with Crippen molar-refractivity contribution in [3.05, 3.63) is 30.9 Å². The summed E-state index contributed by atoms with van der Waals surface area (Å²) in [5.41, 5.74) is 1.78. The minimum atomic E-state index is -0.190. The maximum absolute atomic E-state index is 11.3. The largest absolute Gasteiger partial charge is 0.348 e. The van der Waals surface area contributed by atoms with Gasteiger partial charge in [-0.1, -0.05) is 17.9 Å². The summed E-state index contributed by atoms with van der Waals surface area (Å²) in [5, 5.41) is 3.87. The number of nitrogens with zero attached hydrogens (tertiary/aromatic N) is 2. The van der Waals surface area contributed by atoms with E-state index in [4.69, 9.17) is 0 Å². The zero-order valence-corrected chi connectivity index (χ0v) is 12.1. The lowest BCUT2D eigenvalue weighted by Gasteiger charge is -2.25. The van der Waals surface area contributed by atoms with E-state index in [9.17, 15) is 4.79 Å². The summed E-state index contributed by atoms with van der Waals surface area (Å²) in [7, 11) is 0. The average molecular weight is 287 g/mol. The molecule has 5 heteroatoms. The fourth-order valence-electron chi connectivity index (χ4n) is 2.40. The summed E-state index contributed by atoms with van der Waals surface area (Å²) in [6.45, 7) is 5.65. The van der Waals surface area contributed by atoms with E-state index in [1.807, 2.05) is 18.2 Å². The first kappa shape index (κ1) is 13.1. The lowest BCUT2D eigenvalue weighted by molar-refractivity contribution is -0.111. The Balaban J connectivity index is 1.86. The molecule has 1 aliphatic heterocycles. The van der Waals surface area contributed by atoms with E-state index in [2.05, 4.69) is 21.8 Å². The van der Waals surface area contributed by atoms with Gasteiger partial charge in [-0.05, 0) is 43.5 Å². The van der Waals surface area contributed by atoms with E-state index < -0.39 is 0 Å². The molecule has 0 atom stereocenters. The standard InChI is InChI=1S/C15H17N3OS/c1-2-14(19)16-11-6-7-12-13(10-11)20-15(17-12)18-8-4-3-5-9-18/h2,6-7,10H,1,3-5,8-9H2,(H,16,19). The number of thiazole rings is 1. The fourth-order valence-corrected chi connectivity index (χ4v) is 3.46. The monoisotopic (exact) mass is 287 g/mol. The summed E-state index contributed by atoms with van der Waals surface area (Å²) in [4.78, 5) is 18.4. The molecule has 1 fully saturated rings. The highest BCUT2D eigenvalue weighted by Gasteiger charge is 2.15. The van der Waals surface area contributed by atoms with Crippen LogP contribution in [0.3, 0.4) is 0 Å². The Bertz CT molecular complexity index is 644. The lowest BCUT2D eigenvalue weighted by atomic mass is 10.1. The molecule has 1 aliphatic rings. The SMILES string of the molecule is C=CC(=O)Nc1ccc2nc(N3CCCCC3)sc2c1. The lowest BCUT2D eigenvalue weighted by Crippen LogP contribution is -2.29. The Morgan fingerprint density at radius 3 is 2.90 bits per heavy atom. The fraction of sp³-hybridized carbons (Fsp3) is 0.333. The van der Waals surface area contributed by atoms with E-state index in [-0.39, 0.29) is 5.91 Å². The Hall–Kier alpha value is -1.88. The van der Waals surface area contributed by atoms with E-state index in [0.29, 0.717) is 0 Å². The molecule has 1 saturated heterocycles. The second-order valence-electron chi connectivity index (χ2n) is 4.92. The highest BCUT2D eigenvalue weighted by Crippen LogP contribution is 2.32. The zero-order chi connectivity index (χ0) is 13.9. The quantitative estimate of drug-likeness (QED) is 0.880. The first-order valence-corrected chi connectivity index (χ1v) is 7.67. The van der Waals surface area contributed by atoms with Crippen molar-refractivity contribution in [1.29, 1.82) is 0 Å². The first-order chi connectivity index (χ1) is 9.76. The Labute approximate surface area is 122 Å². The van der Waals surface area contributed by atoms with E-state index >= 15 is 0 Å². The van der Waals surface area contributed by atoms with Gasteiger partial charge in [0.05, 0.1) is 10.2 Å². The molecule has 0 saturated carbocycles. The highest BCUT2D eigenvalue weighted by molar-refractivity contribution is 7.22. The number of carbonyl (C=O) groups is 1. The number of nitrogens with one attached hydrogen (secondary N) is 1. The van der Waals surface area contributed by atoms with Gasteiger partial charge in [0.25, 0.3) is 0 Å². The van der Waals surface area contributed by atoms with Crippen LogP contribution in [0.4, 0.5) is 10.8 Å². The smallest absolute Gasteiger partial charge is 0.247 e. The van der Waals surface area contributed by atoms with Crippen molar-refractivity contribution >= 4 is 38.3 Å². The second kappa shape index (κ2) is 5.63. The average Bonchev–Trinajstić information content (AvgIpc) is 2.91. The van der Waals surface area contributed by atoms with Gasteiger partial charge in [0.1, 0.15) is 0 Å². The molecule has 1 amide bonds. The number of piperidine rings is 1. The summed E-state index contributed by atoms with van der Waals surface area (Å²) >= 11 is 1.69. The number of benzene rings is 1. The van der Waals surface area contributed by atoms with Gasteiger partial charge >= 0.3 is 0 Å². The zero-order valence-electron chi connectivity index (χ0n) is 11.3. The number of anilines is 2. The molecule has 104 valence electrons. The normalized spacial score (nSPS) is 15.3. The molecule has 4 nitrogen and oxygen atoms in total. The van der Waals surface area contributed by atoms with Crippen LogP contribution in [0.5, 0.6) is 0 Å². The third-order valence-electron chi connectivity index (χ3n) is 3.46. The third-order valence-corrected chi connectivity index (χ3v) is 4.54. The van der Waals surface area contributed by atoms with Crippen molar-refractivity contribution in [3.8, 4) is 0 Å². The van der Waals surface area contributed by atoms with Crippen LogP contribution in [-0.2, 0) is 4.79 Å². The minimum absolute atomic E-state index is 0.190. The number of aromatic nitrogens is 1. The van der Waals surface area contributed by atoms with Crippen molar-refractivity contribution in [1.82, 2.24) is 4.98 Å². The van der Waals surface area contributed by atoms with E-state index in [1.54, 1.807) is 11.3 Å². The molecule has 0 spiro atoms. The molecule has 1 aromatic carbocycles. The molecule has 0 bridgehead atoms. The molecule has 1 aromatic heterocycles. The predicted octanol–water partition coefficient (Wildman–Crippen LogP) is 3.41. The molecule has 3 rings (SSSR count). The predicted molar refractivity (Wildman–Crippen MR) is 84.5 cm³/mol. The molecule has 2 aromatic rings. The van der Waals surface area contributed by atoms with Crippen molar-refractivity contribution in [2.24, 2.45) is 0 Å². The van der Waals surface area contributed by atoms with Gasteiger partial charge in [-0.2, -0.15) is 0 Å². The number of hydrogen-bond donors (Lipinski definition) is 1. The molecule has 0 unspecified atom stereocenters. The van der Waals surface area contributed by atoms with Crippen LogP contribution < -0.4 is 10.2 Å². The van der Waals surface area contributed by atoms with Gasteiger partial charge in [-0.15, -0.1) is 0 Å². The summed E-state index contributed by atoms with van der Waals surface area (Å²) in [6.07, 6.45) is 5.09. The topological polar surface area (TPSA) is 45.2 Å². The maximum atomic E-state index is 11.3. The Morgan fingerprint density at radius 2 is 2.15 bits per heavy atom. The highest BCUT2D eigenvalue weighted by atomic mass is 32.1. The summed E-state index contributed by atoms with van der Waals surface area (Å²) < 4.78 is 1.10.